The van der Waals surface area contributed by atoms with Crippen molar-refractivity contribution in [2.75, 3.05) is 7.11 Å². The minimum absolute atomic E-state index is 0.103. The molecule has 5 nitrogen and oxygen atoms in total. The topological polar surface area (TPSA) is 75.6 Å². The smallest absolute Gasteiger partial charge is 0.308 e. The molecule has 0 heterocycles. The lowest BCUT2D eigenvalue weighted by Gasteiger charge is -2.24. The number of thioether (sulfide) groups is 1. The summed E-state index contributed by atoms with van der Waals surface area (Å²) in [6.45, 7) is 1.84. The van der Waals surface area contributed by atoms with Crippen LogP contribution in [0.3, 0.4) is 0 Å². The van der Waals surface area contributed by atoms with Crippen LogP contribution in [0.25, 0.3) is 0 Å². The van der Waals surface area contributed by atoms with Crippen LogP contribution < -0.4 is 10.1 Å². The van der Waals surface area contributed by atoms with Gasteiger partial charge in [-0.25, -0.2) is 0 Å². The first-order valence-corrected chi connectivity index (χ1v) is 9.23. The van der Waals surface area contributed by atoms with Gasteiger partial charge in [-0.1, -0.05) is 19.3 Å². The average Bonchev–Trinajstić information content (AvgIpc) is 2.81. The minimum atomic E-state index is -0.808. The second kappa shape index (κ2) is 8.97. The lowest BCUT2D eigenvalue weighted by atomic mass is 9.95. The lowest BCUT2D eigenvalue weighted by Crippen LogP contribution is -2.45. The number of rotatable bonds is 6. The maximum absolute atomic E-state index is 12.5. The number of carboxylic acids is 1. The van der Waals surface area contributed by atoms with Gasteiger partial charge in [0.05, 0.1) is 18.3 Å². The third-order valence-electron chi connectivity index (χ3n) is 4.40. The van der Waals surface area contributed by atoms with E-state index in [0.717, 1.165) is 36.3 Å². The highest BCUT2D eigenvalue weighted by Gasteiger charge is 2.31. The molecule has 2 N–H and O–H groups in total. The van der Waals surface area contributed by atoms with E-state index < -0.39 is 11.9 Å². The molecule has 24 heavy (non-hydrogen) atoms. The highest BCUT2D eigenvalue weighted by Crippen LogP contribution is 2.27. The van der Waals surface area contributed by atoms with Gasteiger partial charge in [0.15, 0.2) is 0 Å². The fourth-order valence-corrected chi connectivity index (χ4v) is 3.86. The molecule has 0 radical (unpaired) electrons. The van der Waals surface area contributed by atoms with Gasteiger partial charge in [0, 0.05) is 10.9 Å². The molecule has 0 saturated heterocycles. The van der Waals surface area contributed by atoms with Gasteiger partial charge in [0.2, 0.25) is 5.91 Å². The summed E-state index contributed by atoms with van der Waals surface area (Å²) in [5.74, 6) is -0.611. The van der Waals surface area contributed by atoms with E-state index in [1.165, 1.54) is 11.8 Å². The number of amides is 1. The van der Waals surface area contributed by atoms with Gasteiger partial charge in [-0.2, -0.15) is 0 Å². The van der Waals surface area contributed by atoms with Gasteiger partial charge in [0.1, 0.15) is 5.75 Å². The number of carboxylic acid groups (broad SMARTS) is 1. The van der Waals surface area contributed by atoms with E-state index in [0.29, 0.717) is 6.42 Å². The second-order valence-corrected chi connectivity index (χ2v) is 7.55. The predicted octanol–water partition coefficient (Wildman–Crippen LogP) is 3.33. The van der Waals surface area contributed by atoms with Crippen molar-refractivity contribution in [2.24, 2.45) is 5.92 Å². The van der Waals surface area contributed by atoms with E-state index in [1.54, 1.807) is 7.11 Å². The Morgan fingerprint density at radius 2 is 1.88 bits per heavy atom. The Morgan fingerprint density at radius 3 is 2.50 bits per heavy atom. The zero-order valence-corrected chi connectivity index (χ0v) is 15.0. The van der Waals surface area contributed by atoms with Gasteiger partial charge in [-0.3, -0.25) is 9.59 Å². The van der Waals surface area contributed by atoms with Gasteiger partial charge >= 0.3 is 5.97 Å². The van der Waals surface area contributed by atoms with Crippen molar-refractivity contribution in [3.63, 3.8) is 0 Å². The summed E-state index contributed by atoms with van der Waals surface area (Å²) in [5, 5.41) is 12.1. The van der Waals surface area contributed by atoms with Crippen LogP contribution in [0.1, 0.15) is 39.0 Å². The number of methoxy groups -OCH3 is 1. The van der Waals surface area contributed by atoms with Crippen LogP contribution in [0.15, 0.2) is 29.2 Å². The summed E-state index contributed by atoms with van der Waals surface area (Å²) in [4.78, 5) is 24.9. The van der Waals surface area contributed by atoms with Gasteiger partial charge < -0.3 is 15.2 Å². The molecular weight excluding hydrogens is 326 g/mol. The molecule has 2 rings (SSSR count). The molecule has 1 aliphatic carbocycles. The average molecular weight is 351 g/mol. The summed E-state index contributed by atoms with van der Waals surface area (Å²) in [6, 6.07) is 7.28. The van der Waals surface area contributed by atoms with Crippen LogP contribution in [0.5, 0.6) is 5.75 Å². The Morgan fingerprint density at radius 1 is 1.21 bits per heavy atom. The van der Waals surface area contributed by atoms with Gasteiger partial charge in [-0.05, 0) is 44.0 Å². The number of nitrogens with one attached hydrogen (secondary N) is 1. The molecule has 0 aromatic heterocycles. The predicted molar refractivity (Wildman–Crippen MR) is 94.5 cm³/mol. The highest BCUT2D eigenvalue weighted by molar-refractivity contribution is 8.00. The Hall–Kier alpha value is -1.69. The first-order valence-electron chi connectivity index (χ1n) is 8.35. The number of benzene rings is 1. The SMILES string of the molecule is COc1ccc(SC(C)C(=O)N[C@H]2CCCCC[C@H]2C(=O)O)cc1. The molecule has 1 unspecified atom stereocenters. The quantitative estimate of drug-likeness (QED) is 0.607. The van der Waals surface area contributed by atoms with E-state index in [4.69, 9.17) is 4.74 Å². The molecule has 1 amide bonds. The maximum Gasteiger partial charge on any atom is 0.308 e. The van der Waals surface area contributed by atoms with E-state index in [9.17, 15) is 14.7 Å². The number of ether oxygens (including phenoxy) is 1. The van der Waals surface area contributed by atoms with Crippen LogP contribution in [0.4, 0.5) is 0 Å². The van der Waals surface area contributed by atoms with Crippen LogP contribution >= 0.6 is 11.8 Å². The summed E-state index contributed by atoms with van der Waals surface area (Å²) in [5.41, 5.74) is 0. The van der Waals surface area contributed by atoms with Crippen LogP contribution in [0, 0.1) is 5.92 Å². The number of carbonyl (C=O) groups is 2. The van der Waals surface area contributed by atoms with E-state index in [1.807, 2.05) is 31.2 Å². The standard InChI is InChI=1S/C18H25NO4S/c1-12(24-14-10-8-13(23-2)9-11-14)17(20)19-16-7-5-3-4-6-15(16)18(21)22/h8-12,15-16H,3-7H2,1-2H3,(H,19,20)(H,21,22)/t12?,15-,16+/m1/s1. The number of aliphatic carboxylic acids is 1. The first-order chi connectivity index (χ1) is 11.5. The molecule has 3 atom stereocenters. The molecule has 1 aliphatic rings. The molecule has 0 bridgehead atoms. The fraction of sp³-hybridized carbons (Fsp3) is 0.556. The number of hydrogen-bond acceptors (Lipinski definition) is 4. The monoisotopic (exact) mass is 351 g/mol. The van der Waals surface area contributed by atoms with Crippen LogP contribution in [-0.4, -0.2) is 35.4 Å². The zero-order chi connectivity index (χ0) is 17.5. The summed E-state index contributed by atoms with van der Waals surface area (Å²) in [6.07, 6.45) is 4.30. The van der Waals surface area contributed by atoms with Crippen molar-refractivity contribution >= 4 is 23.6 Å². The second-order valence-electron chi connectivity index (χ2n) is 6.13. The molecule has 0 aliphatic heterocycles. The molecular formula is C18H25NO4S. The maximum atomic E-state index is 12.5. The van der Waals surface area contributed by atoms with Crippen molar-refractivity contribution < 1.29 is 19.4 Å². The summed E-state index contributed by atoms with van der Waals surface area (Å²) >= 11 is 1.46. The van der Waals surface area contributed by atoms with Gasteiger partial charge in [0.25, 0.3) is 0 Å². The van der Waals surface area contributed by atoms with E-state index >= 15 is 0 Å². The fourth-order valence-electron chi connectivity index (χ4n) is 2.99. The van der Waals surface area contributed by atoms with E-state index in [-0.39, 0.29) is 17.2 Å². The van der Waals surface area contributed by atoms with Crippen molar-refractivity contribution in [3.8, 4) is 5.75 Å². The Kier molecular flexibility index (Phi) is 6.97. The Labute approximate surface area is 147 Å². The first kappa shape index (κ1) is 18.6. The molecule has 1 aromatic carbocycles. The summed E-state index contributed by atoms with van der Waals surface area (Å²) in [7, 11) is 1.61. The van der Waals surface area contributed by atoms with Gasteiger partial charge in [-0.15, -0.1) is 11.8 Å². The largest absolute Gasteiger partial charge is 0.497 e. The van der Waals surface area contributed by atoms with Crippen LogP contribution in [-0.2, 0) is 9.59 Å². The summed E-state index contributed by atoms with van der Waals surface area (Å²) < 4.78 is 5.12. The van der Waals surface area contributed by atoms with Crippen LogP contribution in [0.2, 0.25) is 0 Å². The van der Waals surface area contributed by atoms with Crippen molar-refractivity contribution in [2.45, 2.75) is 55.2 Å². The Balaban J connectivity index is 1.94. The number of carbonyl (C=O) groups excluding carboxylic acids is 1. The van der Waals surface area contributed by atoms with Crippen molar-refractivity contribution in [3.05, 3.63) is 24.3 Å². The van der Waals surface area contributed by atoms with E-state index in [2.05, 4.69) is 5.32 Å². The third-order valence-corrected chi connectivity index (χ3v) is 5.51. The normalized spacial score (nSPS) is 22.2. The minimum Gasteiger partial charge on any atom is -0.497 e. The highest BCUT2D eigenvalue weighted by atomic mass is 32.2. The van der Waals surface area contributed by atoms with Crippen molar-refractivity contribution in [1.82, 2.24) is 5.32 Å². The Bertz CT molecular complexity index is 561. The molecule has 1 fully saturated rings. The molecule has 1 saturated carbocycles. The number of hydrogen-bond donors (Lipinski definition) is 2. The molecule has 0 spiro atoms. The molecule has 132 valence electrons. The zero-order valence-electron chi connectivity index (χ0n) is 14.2. The molecule has 6 heteroatoms. The van der Waals surface area contributed by atoms with Crippen molar-refractivity contribution in [1.29, 1.82) is 0 Å². The molecule has 1 aromatic rings. The lowest BCUT2D eigenvalue weighted by molar-refractivity contribution is -0.143. The third kappa shape index (κ3) is 5.16.